The van der Waals surface area contributed by atoms with E-state index in [0.717, 1.165) is 53.6 Å². The molecule has 1 heterocycles. The fourth-order valence-corrected chi connectivity index (χ4v) is 6.39. The Kier molecular flexibility index (Phi) is 8.38. The topological polar surface area (TPSA) is 107 Å². The average Bonchev–Trinajstić information content (AvgIpc) is 2.87. The number of aromatic nitrogens is 1. The first-order valence-electron chi connectivity index (χ1n) is 11.9. The Morgan fingerprint density at radius 2 is 1.69 bits per heavy atom. The predicted octanol–water partition coefficient (Wildman–Crippen LogP) is 4.90. The number of hydrogen-bond acceptors (Lipinski definition) is 7. The number of amides is 1. The maximum Gasteiger partial charge on any atom is 0.240 e. The van der Waals surface area contributed by atoms with Crippen LogP contribution in [0.1, 0.15) is 37.7 Å². The molecule has 2 N–H and O–H groups in total. The van der Waals surface area contributed by atoms with Gasteiger partial charge in [-0.1, -0.05) is 31.0 Å². The molecule has 2 aromatic carbocycles. The molecule has 4 rings (SSSR count). The lowest BCUT2D eigenvalue weighted by atomic mass is 9.96. The van der Waals surface area contributed by atoms with E-state index in [1.807, 2.05) is 25.1 Å². The Hall–Kier alpha value is -2.82. The maximum atomic E-state index is 12.7. The van der Waals surface area contributed by atoms with Crippen LogP contribution in [0.15, 0.2) is 52.4 Å². The number of pyridine rings is 1. The fraction of sp³-hybridized carbons (Fsp3) is 0.385. The number of carbonyl (C=O) groups excluding carboxylic acids is 1. The highest BCUT2D eigenvalue weighted by Gasteiger charge is 2.22. The number of aryl methyl sites for hydroxylation is 1. The molecule has 8 nitrogen and oxygen atoms in total. The zero-order valence-electron chi connectivity index (χ0n) is 20.7. The summed E-state index contributed by atoms with van der Waals surface area (Å²) in [5.41, 5.74) is 2.24. The largest absolute Gasteiger partial charge is 0.493 e. The number of methoxy groups -OCH3 is 2. The van der Waals surface area contributed by atoms with Gasteiger partial charge in [0.1, 0.15) is 5.03 Å². The lowest BCUT2D eigenvalue weighted by molar-refractivity contribution is -0.113. The van der Waals surface area contributed by atoms with Crippen LogP contribution in [0.3, 0.4) is 0 Å². The molecule has 0 bridgehead atoms. The van der Waals surface area contributed by atoms with Gasteiger partial charge in [0.15, 0.2) is 11.5 Å². The molecular weight excluding hydrogens is 498 g/mol. The molecule has 1 aliphatic rings. The molecule has 0 saturated heterocycles. The highest BCUT2D eigenvalue weighted by atomic mass is 32.2. The van der Waals surface area contributed by atoms with Crippen molar-refractivity contribution in [2.24, 2.45) is 0 Å². The number of nitrogens with one attached hydrogen (secondary N) is 2. The maximum absolute atomic E-state index is 12.7. The molecule has 10 heteroatoms. The van der Waals surface area contributed by atoms with Crippen molar-refractivity contribution in [1.82, 2.24) is 9.71 Å². The van der Waals surface area contributed by atoms with Crippen molar-refractivity contribution in [3.8, 4) is 11.5 Å². The molecule has 0 atom stereocenters. The molecule has 0 aliphatic heterocycles. The van der Waals surface area contributed by atoms with E-state index in [4.69, 9.17) is 14.5 Å². The Morgan fingerprint density at radius 3 is 2.36 bits per heavy atom. The summed E-state index contributed by atoms with van der Waals surface area (Å²) in [6.07, 6.45) is 5.00. The van der Waals surface area contributed by atoms with Crippen LogP contribution in [-0.2, 0) is 14.8 Å². The van der Waals surface area contributed by atoms with Gasteiger partial charge in [-0.25, -0.2) is 18.1 Å². The number of anilines is 1. The average molecular weight is 530 g/mol. The molecule has 0 spiro atoms. The summed E-state index contributed by atoms with van der Waals surface area (Å²) in [6.45, 7) is 1.95. The van der Waals surface area contributed by atoms with Crippen LogP contribution in [-0.4, -0.2) is 45.3 Å². The van der Waals surface area contributed by atoms with Gasteiger partial charge >= 0.3 is 0 Å². The number of rotatable bonds is 9. The van der Waals surface area contributed by atoms with Gasteiger partial charge in [0, 0.05) is 23.2 Å². The molecule has 1 saturated carbocycles. The van der Waals surface area contributed by atoms with E-state index in [1.165, 1.54) is 23.9 Å². The molecule has 0 unspecified atom stereocenters. The SMILES string of the molecule is COc1cc2cc(C)c(SCC(=O)Nc3ccc(S(=O)(=O)NC4CCCCC4)cc3)nc2cc1OC. The van der Waals surface area contributed by atoms with Gasteiger partial charge in [0.05, 0.1) is 30.4 Å². The molecule has 1 fully saturated rings. The van der Waals surface area contributed by atoms with Gasteiger partial charge in [-0.3, -0.25) is 4.79 Å². The smallest absolute Gasteiger partial charge is 0.240 e. The number of benzene rings is 2. The van der Waals surface area contributed by atoms with Crippen LogP contribution in [0.25, 0.3) is 10.9 Å². The highest BCUT2D eigenvalue weighted by Crippen LogP contribution is 2.33. The lowest BCUT2D eigenvalue weighted by Gasteiger charge is -2.22. The number of sulfonamides is 1. The first-order chi connectivity index (χ1) is 17.3. The van der Waals surface area contributed by atoms with E-state index in [9.17, 15) is 13.2 Å². The third-order valence-corrected chi connectivity index (χ3v) is 8.81. The quantitative estimate of drug-likeness (QED) is 0.380. The van der Waals surface area contributed by atoms with Crippen molar-refractivity contribution >= 4 is 44.3 Å². The van der Waals surface area contributed by atoms with Crippen molar-refractivity contribution in [2.75, 3.05) is 25.3 Å². The van der Waals surface area contributed by atoms with Crippen LogP contribution in [0.2, 0.25) is 0 Å². The standard InChI is InChI=1S/C26H31N3O5S2/c1-17-13-18-14-23(33-2)24(34-3)15-22(18)28-26(17)35-16-25(30)27-19-9-11-21(12-10-19)36(31,32)29-20-7-5-4-6-8-20/h9-15,20,29H,4-8,16H2,1-3H3,(H,27,30). The minimum absolute atomic E-state index is 0.00422. The summed E-state index contributed by atoms with van der Waals surface area (Å²) in [4.78, 5) is 17.5. The fourth-order valence-electron chi connectivity index (χ4n) is 4.29. The van der Waals surface area contributed by atoms with Gasteiger partial charge in [-0.15, -0.1) is 0 Å². The monoisotopic (exact) mass is 529 g/mol. The summed E-state index contributed by atoms with van der Waals surface area (Å²) >= 11 is 1.34. The first-order valence-corrected chi connectivity index (χ1v) is 14.3. The minimum Gasteiger partial charge on any atom is -0.493 e. The van der Waals surface area contributed by atoms with E-state index in [1.54, 1.807) is 26.4 Å². The number of nitrogens with zero attached hydrogens (tertiary/aromatic N) is 1. The number of ether oxygens (including phenoxy) is 2. The zero-order valence-corrected chi connectivity index (χ0v) is 22.3. The van der Waals surface area contributed by atoms with Crippen LogP contribution in [0.4, 0.5) is 5.69 Å². The first kappa shape index (κ1) is 26.2. The van der Waals surface area contributed by atoms with Gasteiger partial charge in [-0.2, -0.15) is 0 Å². The Balaban J connectivity index is 1.37. The van der Waals surface area contributed by atoms with E-state index in [2.05, 4.69) is 10.0 Å². The molecule has 1 amide bonds. The van der Waals surface area contributed by atoms with E-state index < -0.39 is 10.0 Å². The Morgan fingerprint density at radius 1 is 1.03 bits per heavy atom. The molecule has 1 aliphatic carbocycles. The molecule has 0 radical (unpaired) electrons. The molecular formula is C26H31N3O5S2. The molecule has 192 valence electrons. The third-order valence-electron chi connectivity index (χ3n) is 6.18. The normalized spacial score (nSPS) is 14.5. The van der Waals surface area contributed by atoms with Crippen LogP contribution < -0.4 is 19.5 Å². The summed E-state index contributed by atoms with van der Waals surface area (Å²) in [5, 5.41) is 4.50. The van der Waals surface area contributed by atoms with Crippen molar-refractivity contribution in [3.63, 3.8) is 0 Å². The second kappa shape index (κ2) is 11.5. The van der Waals surface area contributed by atoms with E-state index >= 15 is 0 Å². The van der Waals surface area contributed by atoms with Gasteiger partial charge in [-0.05, 0) is 61.7 Å². The minimum atomic E-state index is -3.58. The van der Waals surface area contributed by atoms with Gasteiger partial charge in [0.2, 0.25) is 15.9 Å². The van der Waals surface area contributed by atoms with Crippen LogP contribution in [0, 0.1) is 6.92 Å². The zero-order chi connectivity index (χ0) is 25.7. The van der Waals surface area contributed by atoms with Crippen LogP contribution in [0.5, 0.6) is 11.5 Å². The number of thioether (sulfide) groups is 1. The molecule has 3 aromatic rings. The highest BCUT2D eigenvalue weighted by molar-refractivity contribution is 8.00. The van der Waals surface area contributed by atoms with Gasteiger partial charge in [0.25, 0.3) is 0 Å². The van der Waals surface area contributed by atoms with Crippen molar-refractivity contribution in [3.05, 3.63) is 48.0 Å². The predicted molar refractivity (Wildman–Crippen MR) is 143 cm³/mol. The third kappa shape index (κ3) is 6.29. The summed E-state index contributed by atoms with van der Waals surface area (Å²) < 4.78 is 38.9. The lowest BCUT2D eigenvalue weighted by Crippen LogP contribution is -2.36. The number of hydrogen-bond donors (Lipinski definition) is 2. The summed E-state index contributed by atoms with van der Waals surface area (Å²) in [5.74, 6) is 1.18. The van der Waals surface area contributed by atoms with E-state index in [0.29, 0.717) is 17.2 Å². The van der Waals surface area contributed by atoms with Crippen molar-refractivity contribution in [2.45, 2.75) is 55.0 Å². The summed E-state index contributed by atoms with van der Waals surface area (Å²) in [6, 6.07) is 11.9. The molecule has 1 aromatic heterocycles. The van der Waals surface area contributed by atoms with Crippen molar-refractivity contribution in [1.29, 1.82) is 0 Å². The molecule has 36 heavy (non-hydrogen) atoms. The van der Waals surface area contributed by atoms with Crippen molar-refractivity contribution < 1.29 is 22.7 Å². The van der Waals surface area contributed by atoms with E-state index in [-0.39, 0.29) is 22.6 Å². The Bertz CT molecular complexity index is 1340. The van der Waals surface area contributed by atoms with Gasteiger partial charge < -0.3 is 14.8 Å². The number of carbonyl (C=O) groups is 1. The second-order valence-electron chi connectivity index (χ2n) is 8.83. The number of fused-ring (bicyclic) bond motifs is 1. The summed E-state index contributed by atoms with van der Waals surface area (Å²) in [7, 11) is -0.408. The Labute approximate surface area is 216 Å². The second-order valence-corrected chi connectivity index (χ2v) is 11.5. The van der Waals surface area contributed by atoms with Crippen LogP contribution >= 0.6 is 11.8 Å².